The van der Waals surface area contributed by atoms with Gasteiger partial charge in [0.25, 0.3) is 0 Å². The number of rotatable bonds is 23. The lowest BCUT2D eigenvalue weighted by atomic mass is 10.1. The van der Waals surface area contributed by atoms with Crippen LogP contribution >= 0.6 is 31.9 Å². The topological polar surface area (TPSA) is 18.5 Å². The van der Waals surface area contributed by atoms with Crippen LogP contribution < -0.4 is 5.30 Å². The third-order valence-electron chi connectivity index (χ3n) is 5.12. The van der Waals surface area contributed by atoms with Crippen LogP contribution in [-0.2, 0) is 9.05 Å². The van der Waals surface area contributed by atoms with Gasteiger partial charge in [0.1, 0.15) is 0 Å². The predicted octanol–water partition coefficient (Wildman–Crippen LogP) is 8.84. The molecule has 0 aliphatic carbocycles. The highest BCUT2D eigenvalue weighted by Gasteiger charge is 2.13. The Balaban J connectivity index is 2.10. The Labute approximate surface area is 203 Å². The first-order valence-electron chi connectivity index (χ1n) is 12.6. The molecule has 0 saturated carbocycles. The Hall–Kier alpha value is 0.270. The maximum absolute atomic E-state index is 6.18. The number of unbranched alkanes of at least 4 members (excludes halogenated alkanes) is 10. The van der Waals surface area contributed by atoms with Crippen molar-refractivity contribution in [3.63, 3.8) is 0 Å². The van der Waals surface area contributed by atoms with Gasteiger partial charge >= 0.3 is 0 Å². The molecule has 0 spiro atoms. The number of thioether (sulfide) groups is 2. The summed E-state index contributed by atoms with van der Waals surface area (Å²) in [6.45, 7) is 6.12. The first-order chi connectivity index (χ1) is 15.4. The first-order valence-corrected chi connectivity index (χ1v) is 16.1. The highest BCUT2D eigenvalue weighted by molar-refractivity contribution is 7.99. The van der Waals surface area contributed by atoms with Gasteiger partial charge in [0.15, 0.2) is 0 Å². The van der Waals surface area contributed by atoms with Crippen LogP contribution in [0.15, 0.2) is 30.3 Å². The SMILES string of the molecule is CCCCCCCCSCCOP(OCCSCCCCCCCC)c1ccccc1. The molecular formula is C26H47O2PS2. The van der Waals surface area contributed by atoms with Crippen LogP contribution in [0.2, 0.25) is 0 Å². The lowest BCUT2D eigenvalue weighted by Gasteiger charge is -2.17. The standard InChI is InChI=1S/C26H47O2PS2/c1-3-5-7-9-11-16-22-30-24-20-27-29(26-18-14-13-15-19-26)28-21-25-31-23-17-12-10-8-6-4-2/h13-15,18-19H,3-12,16-17,20-25H2,1-2H3. The van der Waals surface area contributed by atoms with Crippen molar-refractivity contribution in [3.05, 3.63) is 30.3 Å². The minimum absolute atomic E-state index is 0.784. The van der Waals surface area contributed by atoms with E-state index in [0.29, 0.717) is 0 Å². The largest absolute Gasteiger partial charge is 0.330 e. The van der Waals surface area contributed by atoms with Crippen LogP contribution in [-0.4, -0.2) is 36.2 Å². The Bertz CT molecular complexity index is 452. The molecule has 0 radical (unpaired) electrons. The Morgan fingerprint density at radius 2 is 1.03 bits per heavy atom. The van der Waals surface area contributed by atoms with Crippen molar-refractivity contribution in [2.75, 3.05) is 36.2 Å². The maximum Gasteiger partial charge on any atom is 0.205 e. The highest BCUT2D eigenvalue weighted by Crippen LogP contribution is 2.37. The molecule has 180 valence electrons. The zero-order valence-corrected chi connectivity index (χ0v) is 22.7. The summed E-state index contributed by atoms with van der Waals surface area (Å²) in [7, 11) is -0.952. The molecule has 0 aliphatic rings. The molecule has 0 aliphatic heterocycles. The second kappa shape index (κ2) is 23.4. The lowest BCUT2D eigenvalue weighted by Crippen LogP contribution is -2.09. The van der Waals surface area contributed by atoms with Gasteiger partial charge in [0, 0.05) is 16.8 Å². The Morgan fingerprint density at radius 1 is 0.581 bits per heavy atom. The number of hydrogen-bond acceptors (Lipinski definition) is 4. The van der Waals surface area contributed by atoms with Crippen molar-refractivity contribution in [1.82, 2.24) is 0 Å². The minimum atomic E-state index is -0.952. The average molecular weight is 487 g/mol. The highest BCUT2D eigenvalue weighted by atomic mass is 32.2. The molecule has 1 rings (SSSR count). The van der Waals surface area contributed by atoms with E-state index in [2.05, 4.69) is 44.2 Å². The van der Waals surface area contributed by atoms with Crippen LogP contribution in [0.3, 0.4) is 0 Å². The van der Waals surface area contributed by atoms with E-state index in [1.807, 2.05) is 23.5 Å². The monoisotopic (exact) mass is 486 g/mol. The summed E-state index contributed by atoms with van der Waals surface area (Å²) in [5.74, 6) is 4.65. The molecule has 0 unspecified atom stereocenters. The fourth-order valence-corrected chi connectivity index (χ4v) is 6.44. The van der Waals surface area contributed by atoms with E-state index in [0.717, 1.165) is 24.7 Å². The fraction of sp³-hybridized carbons (Fsp3) is 0.769. The molecule has 0 fully saturated rings. The van der Waals surface area contributed by atoms with Crippen LogP contribution in [0, 0.1) is 0 Å². The predicted molar refractivity (Wildman–Crippen MR) is 146 cm³/mol. The number of hydrogen-bond donors (Lipinski definition) is 0. The van der Waals surface area contributed by atoms with E-state index in [4.69, 9.17) is 9.05 Å². The van der Waals surface area contributed by atoms with Gasteiger partial charge in [-0.2, -0.15) is 23.5 Å². The van der Waals surface area contributed by atoms with Gasteiger partial charge in [0.2, 0.25) is 8.38 Å². The van der Waals surface area contributed by atoms with Crippen molar-refractivity contribution in [1.29, 1.82) is 0 Å². The van der Waals surface area contributed by atoms with E-state index in [9.17, 15) is 0 Å². The summed E-state index contributed by atoms with van der Waals surface area (Å²) in [5, 5.41) is 1.19. The lowest BCUT2D eigenvalue weighted by molar-refractivity contribution is 0.281. The third kappa shape index (κ3) is 18.4. The summed E-state index contributed by atoms with van der Waals surface area (Å²) in [6, 6.07) is 10.5. The summed E-state index contributed by atoms with van der Waals surface area (Å²) >= 11 is 4.05. The summed E-state index contributed by atoms with van der Waals surface area (Å²) in [5.41, 5.74) is 0. The van der Waals surface area contributed by atoms with Crippen LogP contribution in [0.25, 0.3) is 0 Å². The maximum atomic E-state index is 6.18. The van der Waals surface area contributed by atoms with Crippen LogP contribution in [0.4, 0.5) is 0 Å². The van der Waals surface area contributed by atoms with Gasteiger partial charge in [-0.05, 0) is 36.5 Å². The van der Waals surface area contributed by atoms with Crippen molar-refractivity contribution < 1.29 is 9.05 Å². The molecule has 0 bridgehead atoms. The molecule has 0 saturated heterocycles. The van der Waals surface area contributed by atoms with Gasteiger partial charge in [-0.15, -0.1) is 0 Å². The van der Waals surface area contributed by atoms with E-state index in [1.54, 1.807) is 0 Å². The summed E-state index contributed by atoms with van der Waals surface area (Å²) < 4.78 is 12.4. The van der Waals surface area contributed by atoms with Gasteiger partial charge in [-0.3, -0.25) is 0 Å². The molecule has 0 heterocycles. The molecule has 1 aromatic rings. The normalized spacial score (nSPS) is 11.5. The van der Waals surface area contributed by atoms with Crippen molar-refractivity contribution in [2.24, 2.45) is 0 Å². The van der Waals surface area contributed by atoms with Gasteiger partial charge in [-0.1, -0.05) is 96.3 Å². The van der Waals surface area contributed by atoms with Crippen molar-refractivity contribution >= 4 is 37.2 Å². The molecule has 0 atom stereocenters. The van der Waals surface area contributed by atoms with Gasteiger partial charge in [-0.25, -0.2) is 0 Å². The van der Waals surface area contributed by atoms with Crippen LogP contribution in [0.1, 0.15) is 90.9 Å². The van der Waals surface area contributed by atoms with E-state index in [-0.39, 0.29) is 0 Å². The number of benzene rings is 1. The molecule has 0 N–H and O–H groups in total. The van der Waals surface area contributed by atoms with Crippen LogP contribution in [0.5, 0.6) is 0 Å². The van der Waals surface area contributed by atoms with E-state index < -0.39 is 8.38 Å². The minimum Gasteiger partial charge on any atom is -0.330 e. The third-order valence-corrected chi connectivity index (χ3v) is 8.74. The average Bonchev–Trinajstić information content (AvgIpc) is 2.80. The smallest absolute Gasteiger partial charge is 0.205 e. The molecule has 31 heavy (non-hydrogen) atoms. The first kappa shape index (κ1) is 29.3. The zero-order valence-electron chi connectivity index (χ0n) is 20.2. The summed E-state index contributed by atoms with van der Waals surface area (Å²) in [4.78, 5) is 0. The second-order valence-corrected chi connectivity index (χ2v) is 12.0. The Morgan fingerprint density at radius 3 is 1.52 bits per heavy atom. The van der Waals surface area contributed by atoms with Gasteiger partial charge in [0.05, 0.1) is 13.2 Å². The molecular weight excluding hydrogens is 439 g/mol. The van der Waals surface area contributed by atoms with Crippen molar-refractivity contribution in [2.45, 2.75) is 90.9 Å². The second-order valence-electron chi connectivity index (χ2n) is 8.02. The van der Waals surface area contributed by atoms with Crippen molar-refractivity contribution in [3.8, 4) is 0 Å². The van der Waals surface area contributed by atoms with Gasteiger partial charge < -0.3 is 9.05 Å². The quantitative estimate of drug-likeness (QED) is 0.113. The summed E-state index contributed by atoms with van der Waals surface area (Å²) in [6.07, 6.45) is 16.5. The Kier molecular flexibility index (Phi) is 22.1. The zero-order chi connectivity index (χ0) is 22.2. The van der Waals surface area contributed by atoms with E-state index in [1.165, 1.54) is 93.9 Å². The molecule has 5 heteroatoms. The fourth-order valence-electron chi connectivity index (χ4n) is 3.27. The molecule has 1 aromatic carbocycles. The molecule has 2 nitrogen and oxygen atoms in total. The molecule has 0 amide bonds. The van der Waals surface area contributed by atoms with E-state index >= 15 is 0 Å². The molecule has 0 aromatic heterocycles.